The van der Waals surface area contributed by atoms with Crippen molar-refractivity contribution in [1.29, 1.82) is 0 Å². The summed E-state index contributed by atoms with van der Waals surface area (Å²) in [5, 5.41) is 79.0. The van der Waals surface area contributed by atoms with Crippen LogP contribution in [0.15, 0.2) is 36.4 Å². The van der Waals surface area contributed by atoms with E-state index in [0.717, 1.165) is 97.6 Å². The normalized spacial score (nSPS) is 14.7. The molecule has 0 aliphatic heterocycles. The van der Waals surface area contributed by atoms with Gasteiger partial charge in [0.15, 0.2) is 0 Å². The van der Waals surface area contributed by atoms with Gasteiger partial charge in [0.2, 0.25) is 0 Å². The summed E-state index contributed by atoms with van der Waals surface area (Å²) in [6.07, 6.45) is 11.0. The van der Waals surface area contributed by atoms with Gasteiger partial charge in [0.25, 0.3) is 0 Å². The Labute approximate surface area is 258 Å². The summed E-state index contributed by atoms with van der Waals surface area (Å²) in [4.78, 5) is 0. The second kappa shape index (κ2) is 17.2. The fraction of sp³-hybridized carbons (Fsp3) is 0.613. The van der Waals surface area contributed by atoms with Crippen LogP contribution >= 0.6 is 0 Å². The third kappa shape index (κ3) is 9.21. The lowest BCUT2D eigenvalue weighted by Gasteiger charge is -2.34. The minimum Gasteiger partial charge on any atom is -0.427 e. The predicted octanol–water partition coefficient (Wildman–Crippen LogP) is 3.81. The Kier molecular flexibility index (Phi) is 14.3. The third-order valence-corrected chi connectivity index (χ3v) is 9.37. The molecule has 0 aromatic heterocycles. The van der Waals surface area contributed by atoms with E-state index >= 15 is 0 Å². The highest BCUT2D eigenvalue weighted by atomic mass is 16.4. The summed E-state index contributed by atoms with van der Waals surface area (Å²) < 4.78 is 0. The summed E-state index contributed by atoms with van der Waals surface area (Å²) in [5.41, 5.74) is 5.55. The maximum absolute atomic E-state index is 10.3. The lowest BCUT2D eigenvalue weighted by atomic mass is 9.62. The molecule has 43 heavy (non-hydrogen) atoms. The van der Waals surface area contributed by atoms with Crippen molar-refractivity contribution >= 4 is 28.5 Å². The maximum Gasteiger partial charge on any atom is 0.459 e. The molecule has 1 aliphatic carbocycles. The first kappa shape index (κ1) is 35.9. The Morgan fingerprint density at radius 2 is 0.953 bits per heavy atom. The van der Waals surface area contributed by atoms with Crippen LogP contribution in [0.3, 0.4) is 0 Å². The van der Waals surface area contributed by atoms with E-state index in [9.17, 15) is 40.2 Å². The fourth-order valence-corrected chi connectivity index (χ4v) is 7.00. The van der Waals surface area contributed by atoms with E-state index in [0.29, 0.717) is 0 Å². The molecular formula is C31H50B4O8. The molecule has 12 heteroatoms. The first-order valence-corrected chi connectivity index (χ1v) is 16.3. The summed E-state index contributed by atoms with van der Waals surface area (Å²) in [6.45, 7) is 4.37. The second-order valence-corrected chi connectivity index (χ2v) is 12.5. The molecule has 0 radical (unpaired) electrons. The van der Waals surface area contributed by atoms with Crippen LogP contribution in [0.2, 0.25) is 12.6 Å². The van der Waals surface area contributed by atoms with E-state index in [1.54, 1.807) is 0 Å². The zero-order valence-electron chi connectivity index (χ0n) is 25.9. The zero-order valence-corrected chi connectivity index (χ0v) is 25.9. The molecule has 0 amide bonds. The van der Waals surface area contributed by atoms with Crippen molar-refractivity contribution in [3.05, 3.63) is 58.7 Å². The van der Waals surface area contributed by atoms with Crippen molar-refractivity contribution in [3.8, 4) is 11.1 Å². The molecule has 0 heterocycles. The molecular weight excluding hydrogens is 544 g/mol. The summed E-state index contributed by atoms with van der Waals surface area (Å²) in [6, 6.07) is 12.0. The molecule has 234 valence electrons. The summed E-state index contributed by atoms with van der Waals surface area (Å²) in [5.74, 6) is -1.36. The van der Waals surface area contributed by atoms with Crippen molar-refractivity contribution in [2.24, 2.45) is 0 Å². The standard InChI is InChI=1S/C31H50B4O8/c1-3-5-7-9-17-31(18-10-8-6-4-2)27-21-23(29(34(40)41)15-19-32(36)37)11-13-25(27)26-14-12-24(22-28(26)31)30(35(42)43)16-20-33(38)39/h11-14,21-22,29-30,36-43H,3-10,15-20H2,1-2H3. The molecule has 0 bridgehead atoms. The smallest absolute Gasteiger partial charge is 0.427 e. The van der Waals surface area contributed by atoms with Crippen molar-refractivity contribution in [1.82, 2.24) is 0 Å². The molecule has 2 aromatic carbocycles. The Balaban J connectivity index is 2.18. The van der Waals surface area contributed by atoms with Gasteiger partial charge in [-0.15, -0.1) is 0 Å². The minimum absolute atomic E-state index is 0.0234. The fourth-order valence-electron chi connectivity index (χ4n) is 7.00. The highest BCUT2D eigenvalue weighted by molar-refractivity contribution is 6.45. The van der Waals surface area contributed by atoms with Gasteiger partial charge in [-0.25, -0.2) is 0 Å². The first-order valence-electron chi connectivity index (χ1n) is 16.3. The number of hydrogen-bond acceptors (Lipinski definition) is 8. The number of fused-ring (bicyclic) bond motifs is 3. The van der Waals surface area contributed by atoms with Crippen molar-refractivity contribution < 1.29 is 40.2 Å². The first-order chi connectivity index (χ1) is 20.5. The molecule has 2 atom stereocenters. The average Bonchev–Trinajstić information content (AvgIpc) is 3.21. The van der Waals surface area contributed by atoms with E-state index in [4.69, 9.17) is 0 Å². The topological polar surface area (TPSA) is 162 Å². The van der Waals surface area contributed by atoms with Gasteiger partial charge < -0.3 is 40.2 Å². The van der Waals surface area contributed by atoms with Gasteiger partial charge >= 0.3 is 28.5 Å². The van der Waals surface area contributed by atoms with Crippen LogP contribution in [0.4, 0.5) is 0 Å². The molecule has 8 N–H and O–H groups in total. The SMILES string of the molecule is CCCCCCC1(CCCCCC)c2cc(C(CCB(O)O)B(O)O)ccc2-c2ccc(C(CCB(O)O)B(O)O)cc21. The van der Waals surface area contributed by atoms with Gasteiger partial charge in [-0.05, 0) is 71.7 Å². The highest BCUT2D eigenvalue weighted by Gasteiger charge is 2.44. The van der Waals surface area contributed by atoms with Crippen LogP contribution in [0.25, 0.3) is 11.1 Å². The quantitative estimate of drug-likeness (QED) is 0.0849. The van der Waals surface area contributed by atoms with Crippen LogP contribution in [-0.4, -0.2) is 68.7 Å². The van der Waals surface area contributed by atoms with E-state index in [2.05, 4.69) is 26.0 Å². The number of unbranched alkanes of at least 4 members (excludes halogenated alkanes) is 6. The Bertz CT molecular complexity index is 1040. The monoisotopic (exact) mass is 594 g/mol. The molecule has 0 fully saturated rings. The predicted molar refractivity (Wildman–Crippen MR) is 175 cm³/mol. The molecule has 2 aromatic rings. The van der Waals surface area contributed by atoms with Crippen LogP contribution in [0, 0.1) is 0 Å². The van der Waals surface area contributed by atoms with E-state index in [-0.39, 0.29) is 30.9 Å². The Morgan fingerprint density at radius 1 is 0.558 bits per heavy atom. The molecule has 3 rings (SSSR count). The van der Waals surface area contributed by atoms with E-state index in [1.165, 1.54) is 0 Å². The number of rotatable bonds is 20. The van der Waals surface area contributed by atoms with Gasteiger partial charge in [0.1, 0.15) is 0 Å². The Hall–Kier alpha value is -1.62. The molecule has 0 saturated carbocycles. The minimum atomic E-state index is -1.65. The van der Waals surface area contributed by atoms with E-state index < -0.39 is 40.1 Å². The molecule has 0 saturated heterocycles. The molecule has 1 aliphatic rings. The van der Waals surface area contributed by atoms with Crippen LogP contribution in [-0.2, 0) is 5.41 Å². The molecule has 8 nitrogen and oxygen atoms in total. The van der Waals surface area contributed by atoms with Gasteiger partial charge in [0, 0.05) is 17.0 Å². The van der Waals surface area contributed by atoms with Crippen molar-refractivity contribution in [3.63, 3.8) is 0 Å². The molecule has 0 spiro atoms. The van der Waals surface area contributed by atoms with Crippen LogP contribution < -0.4 is 0 Å². The maximum atomic E-state index is 10.3. The van der Waals surface area contributed by atoms with Crippen LogP contribution in [0.5, 0.6) is 0 Å². The number of hydrogen-bond donors (Lipinski definition) is 8. The zero-order chi connectivity index (χ0) is 31.6. The average molecular weight is 594 g/mol. The third-order valence-electron chi connectivity index (χ3n) is 9.37. The Morgan fingerprint density at radius 3 is 1.28 bits per heavy atom. The largest absolute Gasteiger partial charge is 0.459 e. The summed E-state index contributed by atoms with van der Waals surface area (Å²) >= 11 is 0. The summed E-state index contributed by atoms with van der Waals surface area (Å²) in [7, 11) is -6.36. The number of benzene rings is 2. The van der Waals surface area contributed by atoms with Gasteiger partial charge in [-0.2, -0.15) is 0 Å². The lowest BCUT2D eigenvalue weighted by Crippen LogP contribution is -2.29. The van der Waals surface area contributed by atoms with Gasteiger partial charge in [-0.1, -0.05) is 102 Å². The van der Waals surface area contributed by atoms with Gasteiger partial charge in [-0.3, -0.25) is 0 Å². The van der Waals surface area contributed by atoms with Crippen molar-refractivity contribution in [2.45, 2.75) is 121 Å². The second-order valence-electron chi connectivity index (χ2n) is 12.5. The highest BCUT2D eigenvalue weighted by Crippen LogP contribution is 2.55. The van der Waals surface area contributed by atoms with Crippen LogP contribution in [0.1, 0.15) is 125 Å². The van der Waals surface area contributed by atoms with E-state index in [1.807, 2.05) is 24.3 Å². The van der Waals surface area contributed by atoms with Crippen molar-refractivity contribution in [2.75, 3.05) is 0 Å². The lowest BCUT2D eigenvalue weighted by molar-refractivity contribution is 0.374. The molecule has 2 unspecified atom stereocenters. The van der Waals surface area contributed by atoms with Gasteiger partial charge in [0.05, 0.1) is 0 Å².